The van der Waals surface area contributed by atoms with Crippen LogP contribution in [0.2, 0.25) is 0 Å². The summed E-state index contributed by atoms with van der Waals surface area (Å²) in [6, 6.07) is 33.2. The van der Waals surface area contributed by atoms with Gasteiger partial charge in [-0.1, -0.05) is 124 Å². The molecule has 0 saturated carbocycles. The van der Waals surface area contributed by atoms with Crippen molar-refractivity contribution in [3.63, 3.8) is 0 Å². The second-order valence-electron chi connectivity index (χ2n) is 8.79. The van der Waals surface area contributed by atoms with Crippen LogP contribution in [0.4, 0.5) is 0 Å². The fourth-order valence-corrected chi connectivity index (χ4v) is 5.37. The van der Waals surface area contributed by atoms with E-state index in [1.54, 1.807) is 0 Å². The lowest BCUT2D eigenvalue weighted by Crippen LogP contribution is -2.38. The zero-order chi connectivity index (χ0) is 21.1. The maximum Gasteiger partial charge on any atom is -0.00385 e. The first-order valence-corrected chi connectivity index (χ1v) is 12.2. The molecule has 166 valence electrons. The van der Waals surface area contributed by atoms with Crippen LogP contribution in [0.15, 0.2) is 91.0 Å². The first-order chi connectivity index (χ1) is 14.7. The Kier molecular flexibility index (Phi) is 11.3. The molecule has 0 N–H and O–H groups in total. The summed E-state index contributed by atoms with van der Waals surface area (Å²) in [4.78, 5) is 0. The van der Waals surface area contributed by atoms with Crippen molar-refractivity contribution in [2.75, 3.05) is 0 Å². The van der Waals surface area contributed by atoms with Gasteiger partial charge in [0.1, 0.15) is 0 Å². The number of halogens is 1. The summed E-state index contributed by atoms with van der Waals surface area (Å²) in [5.41, 5.74) is 4.34. The van der Waals surface area contributed by atoms with Gasteiger partial charge in [-0.25, -0.2) is 0 Å². The smallest absolute Gasteiger partial charge is 0.00385 e. The Balaban J connectivity index is 0.00000341. The Morgan fingerprint density at radius 1 is 0.645 bits per heavy atom. The average molecular weight is 453 g/mol. The third-order valence-corrected chi connectivity index (χ3v) is 7.18. The van der Waals surface area contributed by atoms with Crippen LogP contribution in [0.1, 0.15) is 55.7 Å². The number of hydrogen-bond donors (Lipinski definition) is 0. The van der Waals surface area contributed by atoms with Gasteiger partial charge < -0.3 is 0 Å². The molecule has 0 bridgehead atoms. The molecular weight excluding hydrogens is 415 g/mol. The molecule has 0 aromatic heterocycles. The SMILES string of the molecule is CCCCCCC(Cc1ccccc1)C(P)(Cc1ccccc1)Cc1ccccc1.Cl. The normalized spacial score (nSPS) is 12.2. The van der Waals surface area contributed by atoms with E-state index in [1.165, 1.54) is 48.8 Å². The zero-order valence-corrected chi connectivity index (χ0v) is 20.9. The molecule has 3 rings (SSSR count). The lowest BCUT2D eigenvalue weighted by molar-refractivity contribution is 0.331. The summed E-state index contributed by atoms with van der Waals surface area (Å²) >= 11 is 0. The van der Waals surface area contributed by atoms with Crippen LogP contribution in [-0.4, -0.2) is 5.16 Å². The van der Waals surface area contributed by atoms with Crippen LogP contribution in [0.3, 0.4) is 0 Å². The van der Waals surface area contributed by atoms with Gasteiger partial charge >= 0.3 is 0 Å². The van der Waals surface area contributed by atoms with Crippen LogP contribution in [0.25, 0.3) is 0 Å². The molecular formula is C29H38ClP. The van der Waals surface area contributed by atoms with Gasteiger partial charge in [0.2, 0.25) is 0 Å². The predicted molar refractivity (Wildman–Crippen MR) is 142 cm³/mol. The zero-order valence-electron chi connectivity index (χ0n) is 18.9. The fourth-order valence-electron chi connectivity index (χ4n) is 4.61. The van der Waals surface area contributed by atoms with Crippen molar-refractivity contribution in [3.8, 4) is 0 Å². The first-order valence-electron chi connectivity index (χ1n) is 11.6. The van der Waals surface area contributed by atoms with E-state index in [1.807, 2.05) is 0 Å². The standard InChI is InChI=1S/C29H37P.ClH/c1-2-3-4-14-21-28(22-25-15-8-5-9-16-25)29(30,23-26-17-10-6-11-18-26)24-27-19-12-7-13-20-27;/h5-13,15-20,28H,2-4,14,21-24,30H2,1H3;1H. The largest absolute Gasteiger partial charge is 0.147 e. The minimum absolute atomic E-state index is 0. The minimum Gasteiger partial charge on any atom is -0.147 e. The van der Waals surface area contributed by atoms with Crippen LogP contribution < -0.4 is 0 Å². The lowest BCUT2D eigenvalue weighted by Gasteiger charge is -2.39. The highest BCUT2D eigenvalue weighted by Crippen LogP contribution is 2.40. The number of rotatable bonds is 12. The highest BCUT2D eigenvalue weighted by Gasteiger charge is 2.34. The van der Waals surface area contributed by atoms with Crippen LogP contribution in [0.5, 0.6) is 0 Å². The van der Waals surface area contributed by atoms with E-state index in [9.17, 15) is 0 Å². The molecule has 0 aliphatic rings. The molecule has 31 heavy (non-hydrogen) atoms. The van der Waals surface area contributed by atoms with Gasteiger partial charge in [-0.05, 0) is 53.4 Å². The third-order valence-electron chi connectivity index (χ3n) is 6.30. The van der Waals surface area contributed by atoms with E-state index in [2.05, 4.69) is 107 Å². The van der Waals surface area contributed by atoms with Crippen LogP contribution in [-0.2, 0) is 19.3 Å². The van der Waals surface area contributed by atoms with Crippen LogP contribution in [0, 0.1) is 5.92 Å². The fraction of sp³-hybridized carbons (Fsp3) is 0.379. The molecule has 0 fully saturated rings. The Bertz CT molecular complexity index is 791. The van der Waals surface area contributed by atoms with E-state index < -0.39 is 0 Å². The predicted octanol–water partition coefficient (Wildman–Crippen LogP) is 8.34. The Labute approximate surface area is 198 Å². The van der Waals surface area contributed by atoms with Crippen molar-refractivity contribution in [3.05, 3.63) is 108 Å². The molecule has 2 heteroatoms. The third kappa shape index (κ3) is 8.44. The average Bonchev–Trinajstić information content (AvgIpc) is 2.78. The summed E-state index contributed by atoms with van der Waals surface area (Å²) in [7, 11) is 3.35. The molecule has 0 heterocycles. The molecule has 3 aromatic carbocycles. The number of benzene rings is 3. The maximum atomic E-state index is 3.35. The quantitative estimate of drug-likeness (QED) is 0.191. The van der Waals surface area contributed by atoms with E-state index in [-0.39, 0.29) is 17.6 Å². The molecule has 0 amide bonds. The summed E-state index contributed by atoms with van der Waals surface area (Å²) < 4.78 is 0. The van der Waals surface area contributed by atoms with Gasteiger partial charge in [-0.2, -0.15) is 0 Å². The highest BCUT2D eigenvalue weighted by molar-refractivity contribution is 7.19. The van der Waals surface area contributed by atoms with E-state index >= 15 is 0 Å². The highest BCUT2D eigenvalue weighted by atomic mass is 35.5. The van der Waals surface area contributed by atoms with Crippen molar-refractivity contribution in [1.29, 1.82) is 0 Å². The molecule has 0 aliphatic heterocycles. The van der Waals surface area contributed by atoms with Crippen molar-refractivity contribution in [2.24, 2.45) is 5.92 Å². The summed E-state index contributed by atoms with van der Waals surface area (Å²) in [6.45, 7) is 2.30. The van der Waals surface area contributed by atoms with E-state index in [0.29, 0.717) is 5.92 Å². The number of hydrogen-bond acceptors (Lipinski definition) is 0. The van der Waals surface area contributed by atoms with Crippen molar-refractivity contribution >= 4 is 21.6 Å². The first kappa shape index (κ1) is 25.6. The maximum absolute atomic E-state index is 3.35. The second kappa shape index (κ2) is 13.7. The molecule has 0 aliphatic carbocycles. The summed E-state index contributed by atoms with van der Waals surface area (Å²) in [5, 5.41) is 0.144. The molecule has 0 saturated heterocycles. The number of unbranched alkanes of at least 4 members (excludes halogenated alkanes) is 3. The van der Waals surface area contributed by atoms with Gasteiger partial charge in [-0.15, -0.1) is 21.6 Å². The van der Waals surface area contributed by atoms with Crippen molar-refractivity contribution in [1.82, 2.24) is 0 Å². The van der Waals surface area contributed by atoms with Gasteiger partial charge in [0, 0.05) is 0 Å². The Morgan fingerprint density at radius 2 is 1.10 bits per heavy atom. The van der Waals surface area contributed by atoms with Gasteiger partial charge in [0.25, 0.3) is 0 Å². The minimum atomic E-state index is 0. The van der Waals surface area contributed by atoms with Gasteiger partial charge in [0.05, 0.1) is 0 Å². The van der Waals surface area contributed by atoms with E-state index in [0.717, 1.165) is 19.3 Å². The van der Waals surface area contributed by atoms with Gasteiger partial charge in [-0.3, -0.25) is 0 Å². The van der Waals surface area contributed by atoms with E-state index in [4.69, 9.17) is 0 Å². The monoisotopic (exact) mass is 452 g/mol. The van der Waals surface area contributed by atoms with Crippen molar-refractivity contribution in [2.45, 2.75) is 63.4 Å². The summed E-state index contributed by atoms with van der Waals surface area (Å²) in [5.74, 6) is 0.627. The lowest BCUT2D eigenvalue weighted by atomic mass is 9.75. The molecule has 2 atom stereocenters. The Hall–Kier alpha value is -1.62. The second-order valence-corrected chi connectivity index (χ2v) is 9.94. The Morgan fingerprint density at radius 3 is 1.55 bits per heavy atom. The molecule has 2 unspecified atom stereocenters. The molecule has 0 radical (unpaired) electrons. The van der Waals surface area contributed by atoms with Crippen LogP contribution >= 0.6 is 21.6 Å². The molecule has 0 nitrogen and oxygen atoms in total. The van der Waals surface area contributed by atoms with Crippen molar-refractivity contribution < 1.29 is 0 Å². The topological polar surface area (TPSA) is 0 Å². The summed E-state index contributed by atoms with van der Waals surface area (Å²) in [6.07, 6.45) is 9.94. The van der Waals surface area contributed by atoms with Gasteiger partial charge in [0.15, 0.2) is 0 Å². The molecule has 3 aromatic rings. The molecule has 0 spiro atoms.